The normalized spacial score (nSPS) is 12.6. The van der Waals surface area contributed by atoms with Crippen LogP contribution in [-0.2, 0) is 0 Å². The lowest BCUT2D eigenvalue weighted by atomic mass is 10.0. The van der Waals surface area contributed by atoms with Crippen LogP contribution < -0.4 is 5.32 Å². The van der Waals surface area contributed by atoms with Gasteiger partial charge in [0.25, 0.3) is 0 Å². The molecule has 0 unspecified atom stereocenters. The van der Waals surface area contributed by atoms with Gasteiger partial charge in [0, 0.05) is 22.6 Å². The number of nitrogens with zero attached hydrogens (tertiary/aromatic N) is 1. The molecule has 1 N–H and O–H groups in total. The first-order chi connectivity index (χ1) is 10.7. The number of benzene rings is 2. The molecule has 108 valence electrons. The van der Waals surface area contributed by atoms with Gasteiger partial charge in [0.1, 0.15) is 0 Å². The van der Waals surface area contributed by atoms with Gasteiger partial charge in [-0.15, -0.1) is 0 Å². The van der Waals surface area contributed by atoms with Crippen LogP contribution in [0.5, 0.6) is 0 Å². The van der Waals surface area contributed by atoms with Crippen LogP contribution in [0.4, 0.5) is 5.69 Å². The maximum absolute atomic E-state index is 12.9. The van der Waals surface area contributed by atoms with Crippen LogP contribution >= 0.6 is 0 Å². The summed E-state index contributed by atoms with van der Waals surface area (Å²) >= 11 is 0. The van der Waals surface area contributed by atoms with Crippen molar-refractivity contribution < 1.29 is 4.79 Å². The molecule has 22 heavy (non-hydrogen) atoms. The molecule has 4 rings (SSSR count). The first-order valence-electron chi connectivity index (χ1n) is 7.50. The average molecular weight is 288 g/mol. The molecular weight excluding hydrogens is 272 g/mol. The van der Waals surface area contributed by atoms with Crippen molar-refractivity contribution in [3.63, 3.8) is 0 Å². The Morgan fingerprint density at radius 2 is 1.64 bits per heavy atom. The molecule has 1 aromatic heterocycles. The van der Waals surface area contributed by atoms with Gasteiger partial charge in [0.15, 0.2) is 5.78 Å². The van der Waals surface area contributed by atoms with Crippen LogP contribution in [0, 0.1) is 0 Å². The predicted molar refractivity (Wildman–Crippen MR) is 89.4 cm³/mol. The summed E-state index contributed by atoms with van der Waals surface area (Å²) in [5, 5.41) is 4.45. The zero-order valence-electron chi connectivity index (χ0n) is 12.6. The Kier molecular flexibility index (Phi) is 2.76. The summed E-state index contributed by atoms with van der Waals surface area (Å²) in [5.74, 6) is 0.0620. The molecule has 0 aliphatic heterocycles. The second-order valence-corrected chi connectivity index (χ2v) is 5.90. The Morgan fingerprint density at radius 1 is 0.955 bits per heavy atom. The fraction of sp³-hybridized carbons (Fsp3) is 0.158. The third-order valence-electron chi connectivity index (χ3n) is 3.98. The number of hydrogen-bond donors (Lipinski definition) is 1. The number of anilines is 1. The zero-order valence-corrected chi connectivity index (χ0v) is 12.6. The fourth-order valence-corrected chi connectivity index (χ4v) is 3.09. The molecule has 0 saturated carbocycles. The van der Waals surface area contributed by atoms with Crippen molar-refractivity contribution in [3.8, 4) is 11.3 Å². The number of carbonyl (C=O) groups is 1. The van der Waals surface area contributed by atoms with E-state index in [1.807, 2.05) is 48.5 Å². The number of para-hydroxylation sites is 1. The minimum atomic E-state index is 0.0620. The number of pyridine rings is 1. The van der Waals surface area contributed by atoms with E-state index < -0.39 is 0 Å². The van der Waals surface area contributed by atoms with E-state index >= 15 is 0 Å². The van der Waals surface area contributed by atoms with Crippen molar-refractivity contribution in [3.05, 3.63) is 59.7 Å². The number of carbonyl (C=O) groups excluding carboxylic acids is 1. The van der Waals surface area contributed by atoms with E-state index in [9.17, 15) is 4.79 Å². The Balaban J connectivity index is 2.11. The lowest BCUT2D eigenvalue weighted by Gasteiger charge is -2.16. The number of hydrogen-bond acceptors (Lipinski definition) is 3. The lowest BCUT2D eigenvalue weighted by Crippen LogP contribution is -2.14. The van der Waals surface area contributed by atoms with Gasteiger partial charge in [-0.2, -0.15) is 0 Å². The molecular formula is C19H16N2O. The zero-order chi connectivity index (χ0) is 15.3. The van der Waals surface area contributed by atoms with Crippen LogP contribution in [0.3, 0.4) is 0 Å². The summed E-state index contributed by atoms with van der Waals surface area (Å²) in [6, 6.07) is 15.9. The topological polar surface area (TPSA) is 42.0 Å². The fourth-order valence-electron chi connectivity index (χ4n) is 3.09. The summed E-state index contributed by atoms with van der Waals surface area (Å²) in [7, 11) is 0. The minimum Gasteiger partial charge on any atom is -0.382 e. The first kappa shape index (κ1) is 13.0. The minimum absolute atomic E-state index is 0.0620. The highest BCUT2D eigenvalue weighted by Crippen LogP contribution is 2.42. The van der Waals surface area contributed by atoms with Crippen LogP contribution in [0.2, 0.25) is 0 Å². The van der Waals surface area contributed by atoms with E-state index in [0.29, 0.717) is 5.56 Å². The molecule has 3 heteroatoms. The van der Waals surface area contributed by atoms with E-state index in [1.165, 1.54) is 0 Å². The smallest absolute Gasteiger partial charge is 0.198 e. The molecule has 0 saturated heterocycles. The third kappa shape index (κ3) is 1.75. The van der Waals surface area contributed by atoms with Crippen molar-refractivity contribution in [2.75, 3.05) is 5.32 Å². The van der Waals surface area contributed by atoms with Gasteiger partial charge in [-0.25, -0.2) is 4.98 Å². The monoisotopic (exact) mass is 288 g/mol. The number of fused-ring (bicyclic) bond motifs is 4. The summed E-state index contributed by atoms with van der Waals surface area (Å²) in [5.41, 5.74) is 4.98. The second kappa shape index (κ2) is 4.67. The van der Waals surface area contributed by atoms with E-state index in [1.54, 1.807) is 0 Å². The quantitative estimate of drug-likeness (QED) is 0.599. The molecule has 0 bridgehead atoms. The van der Waals surface area contributed by atoms with Crippen LogP contribution in [0.15, 0.2) is 48.5 Å². The number of rotatable bonds is 2. The molecule has 2 aromatic carbocycles. The molecule has 1 aliphatic rings. The lowest BCUT2D eigenvalue weighted by molar-refractivity contribution is 0.104. The van der Waals surface area contributed by atoms with Gasteiger partial charge in [0.2, 0.25) is 0 Å². The molecule has 0 fully saturated rings. The van der Waals surface area contributed by atoms with Gasteiger partial charge >= 0.3 is 0 Å². The maximum atomic E-state index is 12.9. The van der Waals surface area contributed by atoms with E-state index in [4.69, 9.17) is 4.98 Å². The van der Waals surface area contributed by atoms with Crippen LogP contribution in [0.25, 0.3) is 22.2 Å². The van der Waals surface area contributed by atoms with Crippen molar-refractivity contribution in [1.82, 2.24) is 4.98 Å². The Hall–Kier alpha value is -2.68. The first-order valence-corrected chi connectivity index (χ1v) is 7.50. The highest BCUT2D eigenvalue weighted by molar-refractivity contribution is 6.26. The Morgan fingerprint density at radius 3 is 2.41 bits per heavy atom. The highest BCUT2D eigenvalue weighted by atomic mass is 16.1. The third-order valence-corrected chi connectivity index (χ3v) is 3.98. The van der Waals surface area contributed by atoms with Gasteiger partial charge < -0.3 is 5.32 Å². The summed E-state index contributed by atoms with van der Waals surface area (Å²) in [4.78, 5) is 17.6. The van der Waals surface area contributed by atoms with Crippen LogP contribution in [0.1, 0.15) is 29.8 Å². The van der Waals surface area contributed by atoms with E-state index in [0.717, 1.165) is 33.4 Å². The summed E-state index contributed by atoms with van der Waals surface area (Å²) < 4.78 is 0. The van der Waals surface area contributed by atoms with Gasteiger partial charge in [-0.05, 0) is 19.9 Å². The molecule has 1 heterocycles. The van der Waals surface area contributed by atoms with Crippen molar-refractivity contribution in [2.24, 2.45) is 0 Å². The van der Waals surface area contributed by atoms with Crippen LogP contribution in [-0.4, -0.2) is 16.8 Å². The van der Waals surface area contributed by atoms with Crippen molar-refractivity contribution in [2.45, 2.75) is 19.9 Å². The van der Waals surface area contributed by atoms with E-state index in [-0.39, 0.29) is 11.8 Å². The van der Waals surface area contributed by atoms with Crippen molar-refractivity contribution >= 4 is 22.4 Å². The molecule has 0 amide bonds. The maximum Gasteiger partial charge on any atom is 0.198 e. The molecule has 1 aliphatic carbocycles. The molecule has 0 atom stereocenters. The molecule has 3 nitrogen and oxygen atoms in total. The number of ketones is 1. The van der Waals surface area contributed by atoms with Crippen molar-refractivity contribution in [1.29, 1.82) is 0 Å². The predicted octanol–water partition coefficient (Wildman–Crippen LogP) is 4.27. The standard InChI is InChI=1S/C19H16N2O/c1-11(2)20-18-14-9-5-6-10-15(14)21-17-12-7-3-4-8-13(12)19(22)16(17)18/h3-11H,1-2H3,(H,20,21). The highest BCUT2D eigenvalue weighted by Gasteiger charge is 2.31. The summed E-state index contributed by atoms with van der Waals surface area (Å²) in [6.45, 7) is 4.16. The van der Waals surface area contributed by atoms with E-state index in [2.05, 4.69) is 19.2 Å². The number of aromatic nitrogens is 1. The number of nitrogens with one attached hydrogen (secondary N) is 1. The Labute approximate surface area is 129 Å². The van der Waals surface area contributed by atoms with Gasteiger partial charge in [-0.3, -0.25) is 4.79 Å². The molecule has 0 spiro atoms. The second-order valence-electron chi connectivity index (χ2n) is 5.90. The van der Waals surface area contributed by atoms with Gasteiger partial charge in [-0.1, -0.05) is 42.5 Å². The summed E-state index contributed by atoms with van der Waals surface area (Å²) in [6.07, 6.45) is 0. The SMILES string of the molecule is CC(C)Nc1c2c(nc3ccccc13)-c1ccccc1C2=O. The largest absolute Gasteiger partial charge is 0.382 e. The van der Waals surface area contributed by atoms with Gasteiger partial charge in [0.05, 0.1) is 22.5 Å². The molecule has 3 aromatic rings. The molecule has 0 radical (unpaired) electrons. The Bertz CT molecular complexity index is 912. The average Bonchev–Trinajstić information content (AvgIpc) is 2.80.